The van der Waals surface area contributed by atoms with Gasteiger partial charge in [0.25, 0.3) is 5.56 Å². The van der Waals surface area contributed by atoms with E-state index in [0.717, 1.165) is 41.4 Å². The highest BCUT2D eigenvalue weighted by atomic mass is 16.6. The second-order valence-corrected chi connectivity index (χ2v) is 12.3. The third-order valence-corrected chi connectivity index (χ3v) is 8.72. The van der Waals surface area contributed by atoms with Crippen LogP contribution >= 0.6 is 0 Å². The van der Waals surface area contributed by atoms with Gasteiger partial charge in [-0.15, -0.1) is 0 Å². The van der Waals surface area contributed by atoms with Crippen LogP contribution in [0.1, 0.15) is 25.3 Å². The van der Waals surface area contributed by atoms with Crippen molar-refractivity contribution in [3.63, 3.8) is 0 Å². The monoisotopic (exact) mass is 699 g/mol. The number of nitrogens with zero attached hydrogens (tertiary/aromatic N) is 3. The van der Waals surface area contributed by atoms with Crippen LogP contribution in [-0.4, -0.2) is 88.9 Å². The lowest BCUT2D eigenvalue weighted by molar-refractivity contribution is -0.143. The normalized spacial score (nSPS) is 14.5. The number of benzene rings is 3. The number of aromatic nitrogens is 1. The summed E-state index contributed by atoms with van der Waals surface area (Å²) < 4.78 is 29.1. The van der Waals surface area contributed by atoms with Gasteiger partial charge in [-0.2, -0.15) is 0 Å². The van der Waals surface area contributed by atoms with Crippen molar-refractivity contribution in [3.05, 3.63) is 107 Å². The van der Waals surface area contributed by atoms with Gasteiger partial charge in [0.05, 0.1) is 71.1 Å². The third-order valence-electron chi connectivity index (χ3n) is 8.72. The number of hydrogen-bond acceptors (Lipinski definition) is 9. The fraction of sp³-hybridized carbons (Fsp3) is 0.425. The number of esters is 1. The molecule has 0 bridgehead atoms. The van der Waals surface area contributed by atoms with Crippen LogP contribution in [0.5, 0.6) is 0 Å². The van der Waals surface area contributed by atoms with E-state index in [2.05, 4.69) is 35.2 Å². The molecular formula is C40H49N3O8. The summed E-state index contributed by atoms with van der Waals surface area (Å²) in [6.07, 6.45) is 3.17. The van der Waals surface area contributed by atoms with Crippen molar-refractivity contribution in [1.29, 1.82) is 0 Å². The lowest BCUT2D eigenvalue weighted by atomic mass is 9.95. The van der Waals surface area contributed by atoms with Crippen molar-refractivity contribution in [1.82, 2.24) is 4.57 Å². The van der Waals surface area contributed by atoms with Gasteiger partial charge in [-0.25, -0.2) is 0 Å². The van der Waals surface area contributed by atoms with Crippen LogP contribution in [0.3, 0.4) is 0 Å². The zero-order valence-electron chi connectivity index (χ0n) is 29.5. The van der Waals surface area contributed by atoms with E-state index in [4.69, 9.17) is 23.7 Å². The summed E-state index contributed by atoms with van der Waals surface area (Å²) in [5.41, 5.74) is 2.42. The van der Waals surface area contributed by atoms with E-state index in [9.17, 15) is 14.4 Å². The summed E-state index contributed by atoms with van der Waals surface area (Å²) in [4.78, 5) is 43.1. The van der Waals surface area contributed by atoms with E-state index in [1.807, 2.05) is 42.5 Å². The Morgan fingerprint density at radius 3 is 2.24 bits per heavy atom. The number of hydrogen-bond donors (Lipinski definition) is 0. The number of carbonyl (C=O) groups excluding carboxylic acids is 2. The SMILES string of the molecule is CCOC(=O)Cn1cc(N(CCOCCOCCOCCOCc2ccccc2)C(=O)[C@H]2CCCN(c3cccc4ccccc34)C2)ccc1=O. The van der Waals surface area contributed by atoms with E-state index >= 15 is 0 Å². The minimum Gasteiger partial charge on any atom is -0.465 e. The highest BCUT2D eigenvalue weighted by Gasteiger charge is 2.31. The molecule has 0 radical (unpaired) electrons. The topological polar surface area (TPSA) is 109 Å². The molecule has 1 aliphatic heterocycles. The molecule has 272 valence electrons. The highest BCUT2D eigenvalue weighted by molar-refractivity contribution is 5.97. The average Bonchev–Trinajstić information content (AvgIpc) is 3.16. The Morgan fingerprint density at radius 1 is 0.784 bits per heavy atom. The number of rotatable bonds is 20. The standard InChI is InChI=1S/C40H49N3O8/c1-2-51-39(45)30-42-29-35(17-18-38(42)44)43(20-21-47-22-23-48-24-25-49-26-27-50-31-32-10-4-3-5-11-32)40(46)34-14-9-19-41(28-34)37-16-8-13-33-12-6-7-15-36(33)37/h3-8,10-13,15-18,29,34H,2,9,14,19-28,30-31H2,1H3/t34-/m0/s1. The maximum atomic E-state index is 14.3. The molecule has 11 heteroatoms. The largest absolute Gasteiger partial charge is 0.465 e. The molecule has 1 aromatic heterocycles. The Labute approximate surface area is 299 Å². The summed E-state index contributed by atoms with van der Waals surface area (Å²) in [6.45, 7) is 6.84. The van der Waals surface area contributed by atoms with Crippen LogP contribution in [0.4, 0.5) is 11.4 Å². The molecule has 1 amide bonds. The predicted molar refractivity (Wildman–Crippen MR) is 197 cm³/mol. The van der Waals surface area contributed by atoms with Crippen molar-refractivity contribution in [2.24, 2.45) is 5.92 Å². The van der Waals surface area contributed by atoms with Crippen molar-refractivity contribution >= 4 is 34.0 Å². The molecule has 0 N–H and O–H groups in total. The van der Waals surface area contributed by atoms with Crippen LogP contribution in [-0.2, 0) is 46.4 Å². The lowest BCUT2D eigenvalue weighted by Gasteiger charge is -2.37. The highest BCUT2D eigenvalue weighted by Crippen LogP contribution is 2.31. The van der Waals surface area contributed by atoms with Crippen LogP contribution in [0, 0.1) is 5.92 Å². The number of carbonyl (C=O) groups is 2. The molecule has 4 aromatic rings. The molecule has 1 aliphatic rings. The Balaban J connectivity index is 1.13. The molecule has 1 saturated heterocycles. The number of pyridine rings is 1. The van der Waals surface area contributed by atoms with E-state index in [1.54, 1.807) is 24.1 Å². The number of fused-ring (bicyclic) bond motifs is 1. The van der Waals surface area contributed by atoms with Gasteiger partial charge in [0.15, 0.2) is 0 Å². The Bertz CT molecular complexity index is 1720. The average molecular weight is 700 g/mol. The van der Waals surface area contributed by atoms with Gasteiger partial charge in [0.2, 0.25) is 5.91 Å². The van der Waals surface area contributed by atoms with Crippen LogP contribution in [0.2, 0.25) is 0 Å². The summed E-state index contributed by atoms with van der Waals surface area (Å²) in [5.74, 6) is -0.834. The quantitative estimate of drug-likeness (QED) is 0.0922. The zero-order chi connectivity index (χ0) is 35.7. The number of amides is 1. The molecule has 1 atom stereocenters. The molecule has 1 fully saturated rings. The Morgan fingerprint density at radius 2 is 1.47 bits per heavy atom. The summed E-state index contributed by atoms with van der Waals surface area (Å²) in [7, 11) is 0. The third kappa shape index (κ3) is 11.5. The number of anilines is 2. The van der Waals surface area contributed by atoms with Crippen LogP contribution in [0.15, 0.2) is 95.9 Å². The minimum atomic E-state index is -0.516. The first-order chi connectivity index (χ1) is 25.0. The molecule has 5 rings (SSSR count). The van der Waals surface area contributed by atoms with Gasteiger partial charge in [-0.1, -0.05) is 66.7 Å². The number of ether oxygens (including phenoxy) is 5. The first kappa shape index (κ1) is 37.7. The van der Waals surface area contributed by atoms with Crippen molar-refractivity contribution < 1.29 is 33.3 Å². The summed E-state index contributed by atoms with van der Waals surface area (Å²) >= 11 is 0. The second-order valence-electron chi connectivity index (χ2n) is 12.3. The molecule has 2 heterocycles. The van der Waals surface area contributed by atoms with Crippen LogP contribution in [0.25, 0.3) is 10.8 Å². The smallest absolute Gasteiger partial charge is 0.326 e. The minimum absolute atomic E-state index is 0.0500. The fourth-order valence-electron chi connectivity index (χ4n) is 6.20. The molecule has 51 heavy (non-hydrogen) atoms. The molecule has 0 aliphatic carbocycles. The molecule has 0 saturated carbocycles. The summed E-state index contributed by atoms with van der Waals surface area (Å²) in [6, 6.07) is 27.6. The van der Waals surface area contributed by atoms with Gasteiger partial charge in [0.1, 0.15) is 6.54 Å². The van der Waals surface area contributed by atoms with Gasteiger partial charge in [0, 0.05) is 43.0 Å². The molecule has 0 unspecified atom stereocenters. The zero-order valence-corrected chi connectivity index (χ0v) is 29.5. The maximum absolute atomic E-state index is 14.3. The van der Waals surface area contributed by atoms with E-state index in [-0.39, 0.29) is 43.7 Å². The summed E-state index contributed by atoms with van der Waals surface area (Å²) in [5, 5.41) is 2.32. The predicted octanol–water partition coefficient (Wildman–Crippen LogP) is 5.08. The van der Waals surface area contributed by atoms with Gasteiger partial charge >= 0.3 is 5.97 Å². The van der Waals surface area contributed by atoms with Crippen LogP contribution < -0.4 is 15.4 Å². The molecule has 11 nitrogen and oxygen atoms in total. The van der Waals surface area contributed by atoms with E-state index in [0.29, 0.717) is 58.5 Å². The first-order valence-electron chi connectivity index (χ1n) is 17.8. The Hall–Kier alpha value is -4.55. The van der Waals surface area contributed by atoms with Gasteiger partial charge < -0.3 is 38.1 Å². The molecule has 3 aromatic carbocycles. The van der Waals surface area contributed by atoms with E-state index < -0.39 is 5.97 Å². The number of piperidine rings is 1. The fourth-order valence-corrected chi connectivity index (χ4v) is 6.20. The van der Waals surface area contributed by atoms with Crippen molar-refractivity contribution in [3.8, 4) is 0 Å². The van der Waals surface area contributed by atoms with E-state index in [1.165, 1.54) is 10.6 Å². The van der Waals surface area contributed by atoms with Gasteiger partial charge in [-0.3, -0.25) is 14.4 Å². The first-order valence-corrected chi connectivity index (χ1v) is 17.8. The van der Waals surface area contributed by atoms with Gasteiger partial charge in [-0.05, 0) is 42.8 Å². The lowest BCUT2D eigenvalue weighted by Crippen LogP contribution is -2.46. The van der Waals surface area contributed by atoms with Crippen molar-refractivity contribution in [2.75, 3.05) is 82.3 Å². The Kier molecular flexibility index (Phi) is 15.0. The maximum Gasteiger partial charge on any atom is 0.326 e. The van der Waals surface area contributed by atoms with Crippen molar-refractivity contribution in [2.45, 2.75) is 32.9 Å². The second kappa shape index (κ2) is 20.3. The molecular weight excluding hydrogens is 650 g/mol. The molecule has 0 spiro atoms.